The summed E-state index contributed by atoms with van der Waals surface area (Å²) in [6.07, 6.45) is 1.62. The van der Waals surface area contributed by atoms with Crippen LogP contribution >= 0.6 is 0 Å². The fourth-order valence-electron chi connectivity index (χ4n) is 0.762. The second kappa shape index (κ2) is 4.60. The molecule has 0 aliphatic rings. The molecule has 0 aliphatic heterocycles. The van der Waals surface area contributed by atoms with Crippen molar-refractivity contribution in [3.05, 3.63) is 35.6 Å². The lowest BCUT2D eigenvalue weighted by Gasteiger charge is -2.00. The van der Waals surface area contributed by atoms with Crippen molar-refractivity contribution in [1.29, 1.82) is 0 Å². The van der Waals surface area contributed by atoms with Gasteiger partial charge in [-0.2, -0.15) is 0 Å². The first kappa shape index (κ1) is 9.71. The molecule has 2 nitrogen and oxygen atoms in total. The zero-order chi connectivity index (χ0) is 9.68. The molecule has 0 aromatic heterocycles. The van der Waals surface area contributed by atoms with Crippen LogP contribution in [0.2, 0.25) is 0 Å². The number of halogens is 1. The van der Waals surface area contributed by atoms with Gasteiger partial charge in [0.25, 0.3) is 0 Å². The number of hydrogen-bond donors (Lipinski definition) is 0. The summed E-state index contributed by atoms with van der Waals surface area (Å²) >= 11 is 0. The lowest BCUT2D eigenvalue weighted by molar-refractivity contribution is 0.0874. The largest absolute Gasteiger partial charge is 0.393 e. The Morgan fingerprint density at radius 3 is 2.46 bits per heavy atom. The maximum absolute atomic E-state index is 12.5. The minimum absolute atomic E-state index is 0.0664. The fraction of sp³-hybridized carbons (Fsp3) is 0.300. The molecule has 1 aromatic carbocycles. The molecule has 0 N–H and O–H groups in total. The number of rotatable bonds is 3. The average Bonchev–Trinajstić information content (AvgIpc) is 2.08. The smallest absolute Gasteiger partial charge is 0.123 e. The van der Waals surface area contributed by atoms with Crippen molar-refractivity contribution in [2.24, 2.45) is 5.16 Å². The third-order valence-corrected chi connectivity index (χ3v) is 1.34. The summed E-state index contributed by atoms with van der Waals surface area (Å²) in [5.41, 5.74) is 0.821. The van der Waals surface area contributed by atoms with Gasteiger partial charge in [-0.3, -0.25) is 0 Å². The molecule has 0 fully saturated rings. The van der Waals surface area contributed by atoms with E-state index in [2.05, 4.69) is 5.16 Å². The van der Waals surface area contributed by atoms with Crippen molar-refractivity contribution in [1.82, 2.24) is 0 Å². The first-order valence-electron chi connectivity index (χ1n) is 4.13. The molecule has 0 radical (unpaired) electrons. The van der Waals surface area contributed by atoms with Crippen LogP contribution in [-0.4, -0.2) is 12.3 Å². The first-order chi connectivity index (χ1) is 6.18. The summed E-state index contributed by atoms with van der Waals surface area (Å²) in [5, 5.41) is 3.72. The second-order valence-electron chi connectivity index (χ2n) is 2.94. The summed E-state index contributed by atoms with van der Waals surface area (Å²) < 4.78 is 12.5. The Kier molecular flexibility index (Phi) is 3.43. The minimum atomic E-state index is -0.248. The summed E-state index contributed by atoms with van der Waals surface area (Å²) in [7, 11) is 0. The molecule has 0 unspecified atom stereocenters. The summed E-state index contributed by atoms with van der Waals surface area (Å²) in [5.74, 6) is -0.248. The average molecular weight is 181 g/mol. The van der Waals surface area contributed by atoms with E-state index < -0.39 is 0 Å². The van der Waals surface area contributed by atoms with Gasteiger partial charge in [-0.25, -0.2) is 4.39 Å². The molecule has 0 amide bonds. The van der Waals surface area contributed by atoms with Gasteiger partial charge in [0.2, 0.25) is 0 Å². The van der Waals surface area contributed by atoms with E-state index in [1.165, 1.54) is 12.1 Å². The predicted octanol–water partition coefficient (Wildman–Crippen LogP) is 2.58. The molecule has 0 spiro atoms. The molecular formula is C10H12FNO. The van der Waals surface area contributed by atoms with E-state index in [1.807, 2.05) is 13.8 Å². The van der Waals surface area contributed by atoms with Gasteiger partial charge in [0, 0.05) is 0 Å². The third kappa shape index (κ3) is 3.69. The van der Waals surface area contributed by atoms with Gasteiger partial charge in [0.05, 0.1) is 6.21 Å². The summed E-state index contributed by atoms with van der Waals surface area (Å²) in [6, 6.07) is 6.05. The number of nitrogens with zero attached hydrogens (tertiary/aromatic N) is 1. The van der Waals surface area contributed by atoms with E-state index in [4.69, 9.17) is 4.84 Å². The van der Waals surface area contributed by atoms with Crippen molar-refractivity contribution in [3.63, 3.8) is 0 Å². The van der Waals surface area contributed by atoms with Gasteiger partial charge in [0.15, 0.2) is 0 Å². The molecule has 0 bridgehead atoms. The topological polar surface area (TPSA) is 21.6 Å². The van der Waals surface area contributed by atoms with Crippen LogP contribution < -0.4 is 0 Å². The van der Waals surface area contributed by atoms with Gasteiger partial charge in [0.1, 0.15) is 11.9 Å². The molecule has 0 saturated heterocycles. The van der Waals surface area contributed by atoms with Crippen molar-refractivity contribution >= 4 is 6.21 Å². The van der Waals surface area contributed by atoms with Crippen LogP contribution in [-0.2, 0) is 4.84 Å². The van der Waals surface area contributed by atoms with E-state index in [-0.39, 0.29) is 11.9 Å². The lowest BCUT2D eigenvalue weighted by Crippen LogP contribution is -1.96. The highest BCUT2D eigenvalue weighted by Crippen LogP contribution is 2.00. The molecule has 0 heterocycles. The molecule has 0 saturated carbocycles. The van der Waals surface area contributed by atoms with Crippen LogP contribution in [0.15, 0.2) is 29.4 Å². The monoisotopic (exact) mass is 181 g/mol. The molecule has 1 rings (SSSR count). The zero-order valence-corrected chi connectivity index (χ0v) is 7.70. The molecular weight excluding hydrogens is 169 g/mol. The third-order valence-electron chi connectivity index (χ3n) is 1.34. The van der Waals surface area contributed by atoms with Crippen LogP contribution in [0.5, 0.6) is 0 Å². The van der Waals surface area contributed by atoms with E-state index in [0.29, 0.717) is 0 Å². The minimum Gasteiger partial charge on any atom is -0.393 e. The number of hydrogen-bond acceptors (Lipinski definition) is 2. The standard InChI is InChI=1S/C10H12FNO/c1-8(2)13-12-7-9-3-5-10(11)6-4-9/h3-8H,1-2H3. The van der Waals surface area contributed by atoms with Gasteiger partial charge in [-0.1, -0.05) is 17.3 Å². The van der Waals surface area contributed by atoms with Gasteiger partial charge in [-0.05, 0) is 31.5 Å². The number of oxime groups is 1. The normalized spacial score (nSPS) is 11.1. The highest BCUT2D eigenvalue weighted by atomic mass is 19.1. The van der Waals surface area contributed by atoms with E-state index in [9.17, 15) is 4.39 Å². The van der Waals surface area contributed by atoms with Crippen molar-refractivity contribution in [3.8, 4) is 0 Å². The lowest BCUT2D eigenvalue weighted by atomic mass is 10.2. The second-order valence-corrected chi connectivity index (χ2v) is 2.94. The Morgan fingerprint density at radius 1 is 1.31 bits per heavy atom. The van der Waals surface area contributed by atoms with Crippen LogP contribution in [0.4, 0.5) is 4.39 Å². The van der Waals surface area contributed by atoms with Crippen LogP contribution in [0.25, 0.3) is 0 Å². The first-order valence-corrected chi connectivity index (χ1v) is 4.13. The van der Waals surface area contributed by atoms with E-state index >= 15 is 0 Å². The number of benzene rings is 1. The summed E-state index contributed by atoms with van der Waals surface area (Å²) in [6.45, 7) is 3.78. The molecule has 70 valence electrons. The van der Waals surface area contributed by atoms with Crippen LogP contribution in [0.3, 0.4) is 0 Å². The Morgan fingerprint density at radius 2 is 1.92 bits per heavy atom. The van der Waals surface area contributed by atoms with Crippen molar-refractivity contribution < 1.29 is 9.23 Å². The quantitative estimate of drug-likeness (QED) is 0.518. The SMILES string of the molecule is CC(C)ON=Cc1ccc(F)cc1. The van der Waals surface area contributed by atoms with Gasteiger partial charge < -0.3 is 4.84 Å². The van der Waals surface area contributed by atoms with Crippen LogP contribution in [0.1, 0.15) is 19.4 Å². The maximum Gasteiger partial charge on any atom is 0.123 e. The predicted molar refractivity (Wildman–Crippen MR) is 50.2 cm³/mol. The molecule has 3 heteroatoms. The van der Waals surface area contributed by atoms with Gasteiger partial charge >= 0.3 is 0 Å². The Hall–Kier alpha value is -1.38. The Labute approximate surface area is 77.0 Å². The molecule has 0 atom stereocenters. The van der Waals surface area contributed by atoms with Crippen molar-refractivity contribution in [2.75, 3.05) is 0 Å². The molecule has 13 heavy (non-hydrogen) atoms. The van der Waals surface area contributed by atoms with E-state index in [0.717, 1.165) is 5.56 Å². The Bertz CT molecular complexity index is 279. The highest BCUT2D eigenvalue weighted by Gasteiger charge is 1.90. The summed E-state index contributed by atoms with van der Waals surface area (Å²) in [4.78, 5) is 4.95. The van der Waals surface area contributed by atoms with E-state index in [1.54, 1.807) is 18.3 Å². The zero-order valence-electron chi connectivity index (χ0n) is 7.70. The molecule has 0 aliphatic carbocycles. The van der Waals surface area contributed by atoms with Crippen molar-refractivity contribution in [2.45, 2.75) is 20.0 Å². The Balaban J connectivity index is 2.54. The maximum atomic E-state index is 12.5. The fourth-order valence-corrected chi connectivity index (χ4v) is 0.762. The highest BCUT2D eigenvalue weighted by molar-refractivity contribution is 5.78. The van der Waals surface area contributed by atoms with Gasteiger partial charge in [-0.15, -0.1) is 0 Å². The molecule has 1 aromatic rings. The van der Waals surface area contributed by atoms with Crippen LogP contribution in [0, 0.1) is 5.82 Å².